The highest BCUT2D eigenvalue weighted by atomic mass is 35.5. The number of carbonyl (C=O) groups is 1. The maximum absolute atomic E-state index is 12.0. The maximum atomic E-state index is 12.0. The summed E-state index contributed by atoms with van der Waals surface area (Å²) in [7, 11) is 0. The molecule has 0 aliphatic rings. The zero-order valence-electron chi connectivity index (χ0n) is 11.4. The Labute approximate surface area is 127 Å². The third-order valence-corrected chi connectivity index (χ3v) is 3.19. The van der Waals surface area contributed by atoms with Crippen LogP contribution in [0, 0.1) is 11.3 Å². The third kappa shape index (κ3) is 4.01. The van der Waals surface area contributed by atoms with Crippen molar-refractivity contribution in [3.05, 3.63) is 52.9 Å². The zero-order chi connectivity index (χ0) is 15.2. The summed E-state index contributed by atoms with van der Waals surface area (Å²) in [5.41, 5.74) is 1.08. The molecular weight excluding hydrogens is 290 g/mol. The monoisotopic (exact) mass is 303 g/mol. The van der Waals surface area contributed by atoms with E-state index in [1.165, 1.54) is 0 Å². The van der Waals surface area contributed by atoms with Crippen molar-refractivity contribution in [3.8, 4) is 6.07 Å². The van der Waals surface area contributed by atoms with Gasteiger partial charge in [-0.15, -0.1) is 0 Å². The molecular formula is C15H14ClN3O2. The van der Waals surface area contributed by atoms with Crippen LogP contribution in [0.15, 0.2) is 41.0 Å². The number of amides is 1. The molecule has 0 aliphatic heterocycles. The number of halogens is 1. The highest BCUT2D eigenvalue weighted by Gasteiger charge is 2.14. The highest BCUT2D eigenvalue weighted by Crippen LogP contribution is 2.23. The fraction of sp³-hybridized carbons (Fsp3) is 0.200. The molecule has 1 atom stereocenters. The molecule has 1 aromatic carbocycles. The minimum Gasteiger partial charge on any atom is -0.467 e. The van der Waals surface area contributed by atoms with Crippen LogP contribution in [0.1, 0.15) is 18.2 Å². The van der Waals surface area contributed by atoms with Gasteiger partial charge in [-0.1, -0.05) is 11.6 Å². The van der Waals surface area contributed by atoms with Gasteiger partial charge >= 0.3 is 0 Å². The van der Waals surface area contributed by atoms with Gasteiger partial charge in [0.05, 0.1) is 35.2 Å². The van der Waals surface area contributed by atoms with Crippen LogP contribution in [0.4, 0.5) is 5.69 Å². The molecule has 0 saturated carbocycles. The molecule has 6 heteroatoms. The van der Waals surface area contributed by atoms with Crippen LogP contribution < -0.4 is 10.6 Å². The predicted molar refractivity (Wildman–Crippen MR) is 79.8 cm³/mol. The summed E-state index contributed by atoms with van der Waals surface area (Å²) in [4.78, 5) is 12.0. The molecule has 0 aliphatic carbocycles. The second kappa shape index (κ2) is 6.82. The molecule has 0 spiro atoms. The summed E-state index contributed by atoms with van der Waals surface area (Å²) < 4.78 is 5.14. The number of benzene rings is 1. The van der Waals surface area contributed by atoms with Crippen molar-refractivity contribution < 1.29 is 9.21 Å². The number of furan rings is 1. The van der Waals surface area contributed by atoms with E-state index in [-0.39, 0.29) is 5.91 Å². The van der Waals surface area contributed by atoms with E-state index in [1.54, 1.807) is 43.5 Å². The lowest BCUT2D eigenvalue weighted by Crippen LogP contribution is -2.37. The van der Waals surface area contributed by atoms with Crippen molar-refractivity contribution in [2.24, 2.45) is 0 Å². The second-order valence-corrected chi connectivity index (χ2v) is 4.88. The zero-order valence-corrected chi connectivity index (χ0v) is 12.1. The molecule has 1 heterocycles. The lowest BCUT2D eigenvalue weighted by molar-refractivity contribution is -0.121. The topological polar surface area (TPSA) is 78.1 Å². The molecule has 0 saturated heterocycles. The Morgan fingerprint density at radius 3 is 2.90 bits per heavy atom. The van der Waals surface area contributed by atoms with E-state index >= 15 is 0 Å². The summed E-state index contributed by atoms with van der Waals surface area (Å²) in [6, 6.07) is 9.96. The van der Waals surface area contributed by atoms with Crippen LogP contribution in [-0.4, -0.2) is 11.9 Å². The third-order valence-electron chi connectivity index (χ3n) is 2.88. The summed E-state index contributed by atoms with van der Waals surface area (Å²) in [6.45, 7) is 2.06. The van der Waals surface area contributed by atoms with Crippen molar-refractivity contribution in [2.75, 3.05) is 5.32 Å². The van der Waals surface area contributed by atoms with Crippen molar-refractivity contribution in [2.45, 2.75) is 19.5 Å². The summed E-state index contributed by atoms with van der Waals surface area (Å²) in [5.74, 6) is 0.513. The molecule has 1 amide bonds. The Balaban J connectivity index is 1.93. The van der Waals surface area contributed by atoms with Gasteiger partial charge in [0.2, 0.25) is 5.91 Å². The van der Waals surface area contributed by atoms with E-state index in [0.29, 0.717) is 28.6 Å². The fourth-order valence-corrected chi connectivity index (χ4v) is 1.98. The first-order valence-electron chi connectivity index (χ1n) is 6.36. The van der Waals surface area contributed by atoms with Crippen molar-refractivity contribution in [1.82, 2.24) is 5.32 Å². The van der Waals surface area contributed by atoms with Gasteiger partial charge in [0.25, 0.3) is 0 Å². The minimum absolute atomic E-state index is 0.174. The molecule has 5 nitrogen and oxygen atoms in total. The minimum atomic E-state index is -0.467. The number of hydrogen-bond acceptors (Lipinski definition) is 4. The molecule has 108 valence electrons. The number of hydrogen-bond donors (Lipinski definition) is 2. The molecule has 0 fully saturated rings. The Bertz CT molecular complexity index is 662. The maximum Gasteiger partial charge on any atom is 0.242 e. The van der Waals surface area contributed by atoms with Crippen LogP contribution in [0.5, 0.6) is 0 Å². The van der Waals surface area contributed by atoms with Crippen LogP contribution >= 0.6 is 11.6 Å². The number of anilines is 1. The van der Waals surface area contributed by atoms with Crippen LogP contribution in [0.25, 0.3) is 0 Å². The van der Waals surface area contributed by atoms with E-state index in [4.69, 9.17) is 21.3 Å². The fourth-order valence-electron chi connectivity index (χ4n) is 1.74. The largest absolute Gasteiger partial charge is 0.467 e. The average Bonchev–Trinajstić information content (AvgIpc) is 3.00. The van der Waals surface area contributed by atoms with E-state index < -0.39 is 6.04 Å². The van der Waals surface area contributed by atoms with Crippen LogP contribution in [0.3, 0.4) is 0 Å². The first kappa shape index (κ1) is 14.9. The Kier molecular flexibility index (Phi) is 4.85. The Hall–Kier alpha value is -2.45. The lowest BCUT2D eigenvalue weighted by Gasteiger charge is -2.16. The molecule has 0 bridgehead atoms. The number of nitrogens with zero attached hydrogens (tertiary/aromatic N) is 1. The smallest absolute Gasteiger partial charge is 0.242 e. The van der Waals surface area contributed by atoms with E-state index in [9.17, 15) is 4.79 Å². The standard InChI is InChI=1S/C15H14ClN3O2/c1-10(15(20)18-9-12-3-2-6-21-12)19-14-5-4-11(8-17)7-13(14)16/h2-7,10,19H,9H2,1H3,(H,18,20). The number of carbonyl (C=O) groups excluding carboxylic acids is 1. The average molecular weight is 304 g/mol. The molecule has 2 aromatic rings. The SMILES string of the molecule is CC(Nc1ccc(C#N)cc1Cl)C(=O)NCc1ccco1. The van der Waals surface area contributed by atoms with Gasteiger partial charge in [-0.3, -0.25) is 4.79 Å². The van der Waals surface area contributed by atoms with Crippen LogP contribution in [-0.2, 0) is 11.3 Å². The summed E-state index contributed by atoms with van der Waals surface area (Å²) in [5, 5.41) is 14.9. The molecule has 1 aromatic heterocycles. The normalized spacial score (nSPS) is 11.5. The van der Waals surface area contributed by atoms with E-state index in [1.807, 2.05) is 6.07 Å². The van der Waals surface area contributed by atoms with Crippen molar-refractivity contribution >= 4 is 23.2 Å². The van der Waals surface area contributed by atoms with Gasteiger partial charge < -0.3 is 15.1 Å². The number of nitrogens with one attached hydrogen (secondary N) is 2. The van der Waals surface area contributed by atoms with E-state index in [2.05, 4.69) is 10.6 Å². The van der Waals surface area contributed by atoms with E-state index in [0.717, 1.165) is 0 Å². The quantitative estimate of drug-likeness (QED) is 0.890. The van der Waals surface area contributed by atoms with Gasteiger partial charge in [0, 0.05) is 0 Å². The van der Waals surface area contributed by atoms with Crippen LogP contribution in [0.2, 0.25) is 5.02 Å². The second-order valence-electron chi connectivity index (χ2n) is 4.47. The lowest BCUT2D eigenvalue weighted by atomic mass is 10.2. The molecule has 21 heavy (non-hydrogen) atoms. The Morgan fingerprint density at radius 2 is 2.29 bits per heavy atom. The highest BCUT2D eigenvalue weighted by molar-refractivity contribution is 6.33. The van der Waals surface area contributed by atoms with Gasteiger partial charge in [0.15, 0.2) is 0 Å². The summed E-state index contributed by atoms with van der Waals surface area (Å²) in [6.07, 6.45) is 1.56. The predicted octanol–water partition coefficient (Wildman–Crippen LogP) is 2.92. The van der Waals surface area contributed by atoms with Crippen molar-refractivity contribution in [1.29, 1.82) is 5.26 Å². The van der Waals surface area contributed by atoms with Gasteiger partial charge in [-0.25, -0.2) is 0 Å². The number of nitriles is 1. The molecule has 0 radical (unpaired) electrons. The van der Waals surface area contributed by atoms with Crippen molar-refractivity contribution in [3.63, 3.8) is 0 Å². The number of rotatable bonds is 5. The Morgan fingerprint density at radius 1 is 1.48 bits per heavy atom. The summed E-state index contributed by atoms with van der Waals surface area (Å²) >= 11 is 6.05. The molecule has 1 unspecified atom stereocenters. The first-order chi connectivity index (χ1) is 10.1. The van der Waals surface area contributed by atoms with Gasteiger partial charge in [0.1, 0.15) is 11.8 Å². The van der Waals surface area contributed by atoms with Gasteiger partial charge in [-0.05, 0) is 37.3 Å². The molecule has 2 N–H and O–H groups in total. The molecule has 2 rings (SSSR count). The van der Waals surface area contributed by atoms with Gasteiger partial charge in [-0.2, -0.15) is 5.26 Å². The first-order valence-corrected chi connectivity index (χ1v) is 6.74.